The molecule has 19 heavy (non-hydrogen) atoms. The van der Waals surface area contributed by atoms with Crippen molar-refractivity contribution in [1.29, 1.82) is 5.26 Å². The summed E-state index contributed by atoms with van der Waals surface area (Å²) >= 11 is 0. The number of nitriles is 1. The van der Waals surface area contributed by atoms with Crippen molar-refractivity contribution >= 4 is 5.91 Å². The molecule has 1 fully saturated rings. The van der Waals surface area contributed by atoms with Crippen LogP contribution >= 0.6 is 0 Å². The van der Waals surface area contributed by atoms with Crippen LogP contribution in [0.5, 0.6) is 5.75 Å². The van der Waals surface area contributed by atoms with Crippen LogP contribution in [-0.4, -0.2) is 30.3 Å². The summed E-state index contributed by atoms with van der Waals surface area (Å²) in [6.07, 6.45) is 1.29. The molecule has 1 aliphatic rings. The lowest BCUT2D eigenvalue weighted by molar-refractivity contribution is -0.123. The molecule has 0 heterocycles. The Labute approximate surface area is 111 Å². The summed E-state index contributed by atoms with van der Waals surface area (Å²) in [6, 6.07) is 8.81. The lowest BCUT2D eigenvalue weighted by Crippen LogP contribution is -2.40. The van der Waals surface area contributed by atoms with Crippen molar-refractivity contribution in [2.75, 3.05) is 13.2 Å². The van der Waals surface area contributed by atoms with Gasteiger partial charge in [0.1, 0.15) is 11.8 Å². The molecule has 1 aliphatic carbocycles. The second kappa shape index (κ2) is 6.21. The van der Waals surface area contributed by atoms with E-state index in [1.54, 1.807) is 24.3 Å². The quantitative estimate of drug-likeness (QED) is 0.821. The van der Waals surface area contributed by atoms with Gasteiger partial charge in [-0.15, -0.1) is 0 Å². The predicted octanol–water partition coefficient (Wildman–Crippen LogP) is 0.824. The van der Waals surface area contributed by atoms with E-state index in [2.05, 4.69) is 5.32 Å². The Balaban J connectivity index is 1.73. The molecule has 2 rings (SSSR count). The zero-order chi connectivity index (χ0) is 13.7. The lowest BCUT2D eigenvalue weighted by atomic mass is 9.82. The normalized spacial score (nSPS) is 21.1. The summed E-state index contributed by atoms with van der Waals surface area (Å²) in [4.78, 5) is 11.6. The second-order valence-corrected chi connectivity index (χ2v) is 4.69. The van der Waals surface area contributed by atoms with Crippen molar-refractivity contribution in [2.24, 2.45) is 5.92 Å². The first kappa shape index (κ1) is 13.4. The van der Waals surface area contributed by atoms with E-state index in [1.807, 2.05) is 6.07 Å². The Morgan fingerprint density at radius 1 is 1.47 bits per heavy atom. The van der Waals surface area contributed by atoms with Crippen LogP contribution in [-0.2, 0) is 4.79 Å². The molecule has 0 unspecified atom stereocenters. The predicted molar refractivity (Wildman–Crippen MR) is 68.4 cm³/mol. The first-order valence-corrected chi connectivity index (χ1v) is 6.25. The second-order valence-electron chi connectivity index (χ2n) is 4.69. The highest BCUT2D eigenvalue weighted by atomic mass is 16.5. The van der Waals surface area contributed by atoms with Gasteiger partial charge in [0.05, 0.1) is 11.7 Å². The minimum absolute atomic E-state index is 0.103. The molecular weight excluding hydrogens is 244 g/mol. The van der Waals surface area contributed by atoms with Crippen molar-refractivity contribution in [3.63, 3.8) is 0 Å². The Bertz CT molecular complexity index is 490. The van der Waals surface area contributed by atoms with Crippen LogP contribution in [0.15, 0.2) is 24.3 Å². The van der Waals surface area contributed by atoms with Gasteiger partial charge in [0, 0.05) is 6.54 Å². The van der Waals surface area contributed by atoms with Crippen LogP contribution in [0, 0.1) is 17.2 Å². The molecule has 0 atom stereocenters. The molecule has 2 N–H and O–H groups in total. The Kier molecular flexibility index (Phi) is 4.37. The molecule has 0 spiro atoms. The minimum Gasteiger partial charge on any atom is -0.482 e. The summed E-state index contributed by atoms with van der Waals surface area (Å²) in [6.45, 7) is 0.465. The third-order valence-electron chi connectivity index (χ3n) is 3.17. The molecule has 1 aromatic carbocycles. The molecule has 1 saturated carbocycles. The molecule has 1 amide bonds. The molecule has 0 aromatic heterocycles. The third kappa shape index (κ3) is 3.70. The first-order valence-electron chi connectivity index (χ1n) is 6.25. The molecular formula is C14H16N2O3. The van der Waals surface area contributed by atoms with Crippen LogP contribution in [0.4, 0.5) is 0 Å². The van der Waals surface area contributed by atoms with Gasteiger partial charge < -0.3 is 15.2 Å². The summed E-state index contributed by atoms with van der Waals surface area (Å²) in [5.74, 6) is 0.568. The highest BCUT2D eigenvalue weighted by Gasteiger charge is 2.27. The van der Waals surface area contributed by atoms with Gasteiger partial charge in [-0.05, 0) is 30.9 Å². The average molecular weight is 260 g/mol. The number of nitrogens with one attached hydrogen (secondary N) is 1. The Morgan fingerprint density at radius 3 is 2.89 bits per heavy atom. The first-order chi connectivity index (χ1) is 9.19. The number of aliphatic hydroxyl groups is 1. The highest BCUT2D eigenvalue weighted by Crippen LogP contribution is 2.26. The van der Waals surface area contributed by atoms with E-state index in [9.17, 15) is 4.79 Å². The number of nitrogens with zero attached hydrogens (tertiary/aromatic N) is 1. The zero-order valence-corrected chi connectivity index (χ0v) is 10.5. The van der Waals surface area contributed by atoms with Gasteiger partial charge in [-0.2, -0.15) is 5.26 Å². The number of rotatable bonds is 5. The summed E-state index contributed by atoms with van der Waals surface area (Å²) < 4.78 is 5.31. The van der Waals surface area contributed by atoms with Crippen molar-refractivity contribution in [3.05, 3.63) is 29.8 Å². The van der Waals surface area contributed by atoms with Gasteiger partial charge in [0.25, 0.3) is 5.91 Å². The summed E-state index contributed by atoms with van der Waals surface area (Å²) in [5, 5.41) is 20.8. The number of amides is 1. The van der Waals surface area contributed by atoms with Crippen LogP contribution in [0.3, 0.4) is 0 Å². The van der Waals surface area contributed by atoms with Gasteiger partial charge in [0.15, 0.2) is 6.61 Å². The minimum atomic E-state index is -0.214. The largest absolute Gasteiger partial charge is 0.482 e. The molecule has 100 valence electrons. The number of ether oxygens (including phenoxy) is 1. The number of carbonyl (C=O) groups is 1. The number of carbonyl (C=O) groups excluding carboxylic acids is 1. The molecule has 5 nitrogen and oxygen atoms in total. The molecule has 1 aromatic rings. The van der Waals surface area contributed by atoms with Gasteiger partial charge in [0.2, 0.25) is 0 Å². The number of benzene rings is 1. The van der Waals surface area contributed by atoms with Crippen molar-refractivity contribution in [2.45, 2.75) is 18.9 Å². The van der Waals surface area contributed by atoms with Gasteiger partial charge in [-0.1, -0.05) is 12.1 Å². The fourth-order valence-corrected chi connectivity index (χ4v) is 2.00. The smallest absolute Gasteiger partial charge is 0.257 e. The maximum Gasteiger partial charge on any atom is 0.257 e. The molecule has 0 saturated heterocycles. The van der Waals surface area contributed by atoms with E-state index in [4.69, 9.17) is 15.1 Å². The zero-order valence-electron chi connectivity index (χ0n) is 10.5. The van der Waals surface area contributed by atoms with Gasteiger partial charge in [-0.3, -0.25) is 4.79 Å². The van der Waals surface area contributed by atoms with E-state index < -0.39 is 0 Å². The summed E-state index contributed by atoms with van der Waals surface area (Å²) in [7, 11) is 0. The number of hydrogen-bond donors (Lipinski definition) is 2. The fourth-order valence-electron chi connectivity index (χ4n) is 2.00. The van der Waals surface area contributed by atoms with Crippen molar-refractivity contribution in [3.8, 4) is 11.8 Å². The maximum atomic E-state index is 11.6. The van der Waals surface area contributed by atoms with Crippen molar-refractivity contribution in [1.82, 2.24) is 5.32 Å². The van der Waals surface area contributed by atoms with Crippen LogP contribution in [0.2, 0.25) is 0 Å². The summed E-state index contributed by atoms with van der Waals surface area (Å²) in [5.41, 5.74) is 0.414. The van der Waals surface area contributed by atoms with E-state index in [0.717, 1.165) is 12.8 Å². The van der Waals surface area contributed by atoms with E-state index in [0.29, 0.717) is 23.8 Å². The fraction of sp³-hybridized carbons (Fsp3) is 0.429. The average Bonchev–Trinajstić information content (AvgIpc) is 2.40. The van der Waals surface area contributed by atoms with E-state index in [-0.39, 0.29) is 18.6 Å². The Hall–Kier alpha value is -2.06. The number of para-hydroxylation sites is 1. The molecule has 5 heteroatoms. The Morgan fingerprint density at radius 2 is 2.21 bits per heavy atom. The van der Waals surface area contributed by atoms with Gasteiger partial charge >= 0.3 is 0 Å². The third-order valence-corrected chi connectivity index (χ3v) is 3.17. The van der Waals surface area contributed by atoms with Crippen LogP contribution in [0.25, 0.3) is 0 Å². The number of aliphatic hydroxyl groups excluding tert-OH is 1. The number of hydrogen-bond acceptors (Lipinski definition) is 4. The van der Waals surface area contributed by atoms with Crippen molar-refractivity contribution < 1.29 is 14.6 Å². The molecule has 0 aliphatic heterocycles. The van der Waals surface area contributed by atoms with E-state index >= 15 is 0 Å². The topological polar surface area (TPSA) is 82.3 Å². The molecule has 0 radical (unpaired) electrons. The SMILES string of the molecule is N#Cc1ccccc1OCC(=O)NCC1CC(O)C1. The van der Waals surface area contributed by atoms with E-state index in [1.165, 1.54) is 0 Å². The molecule has 0 bridgehead atoms. The monoisotopic (exact) mass is 260 g/mol. The standard InChI is InChI=1S/C14H16N2O3/c15-7-11-3-1-2-4-13(11)19-9-14(18)16-8-10-5-12(17)6-10/h1-4,10,12,17H,5-6,8-9H2,(H,16,18). The van der Waals surface area contributed by atoms with Crippen LogP contribution < -0.4 is 10.1 Å². The highest BCUT2D eigenvalue weighted by molar-refractivity contribution is 5.77. The maximum absolute atomic E-state index is 11.6. The lowest BCUT2D eigenvalue weighted by Gasteiger charge is -2.31. The van der Waals surface area contributed by atoms with Crippen LogP contribution in [0.1, 0.15) is 18.4 Å². The van der Waals surface area contributed by atoms with Gasteiger partial charge in [-0.25, -0.2) is 0 Å².